The standard InChI is InChI=1S/C58H36N4/c59-37-39-17-21-43(22-18-39)45-25-29-47(30-26-45)56-55-36-53(51-15-7-13-49(33-51)41-9-3-1-4-10-41)35-54(52-16-8-14-50(34-52)42-11-5-2-6-12-42)57(55)62-58(61-56)48-31-27-46(28-32-48)44-23-19-40(38-60)20-24-44/h1-36H. The number of hydrogen-bond donors (Lipinski definition) is 0. The van der Waals surface area contributed by atoms with Crippen LogP contribution >= 0.6 is 0 Å². The molecular weight excluding hydrogens is 753 g/mol. The molecule has 0 N–H and O–H groups in total. The summed E-state index contributed by atoms with van der Waals surface area (Å²) in [6, 6.07) is 79.5. The van der Waals surface area contributed by atoms with Crippen molar-refractivity contribution in [2.24, 2.45) is 0 Å². The maximum absolute atomic E-state index is 9.38. The van der Waals surface area contributed by atoms with Crippen LogP contribution in [0.3, 0.4) is 0 Å². The van der Waals surface area contributed by atoms with Gasteiger partial charge in [-0.1, -0.05) is 170 Å². The zero-order valence-corrected chi connectivity index (χ0v) is 33.6. The number of fused-ring (bicyclic) bond motifs is 1. The van der Waals surface area contributed by atoms with E-state index in [1.165, 1.54) is 0 Å². The van der Waals surface area contributed by atoms with Crippen LogP contribution in [0.15, 0.2) is 218 Å². The summed E-state index contributed by atoms with van der Waals surface area (Å²) in [6.07, 6.45) is 0. The molecule has 10 rings (SSSR count). The van der Waals surface area contributed by atoms with Crippen molar-refractivity contribution in [3.05, 3.63) is 230 Å². The summed E-state index contributed by atoms with van der Waals surface area (Å²) in [7, 11) is 0. The molecule has 0 radical (unpaired) electrons. The van der Waals surface area contributed by atoms with E-state index in [9.17, 15) is 10.5 Å². The SMILES string of the molecule is N#Cc1ccc(-c2ccc(-c3nc(-c4ccc(-c5ccc(C#N)cc5)cc4)c4cc(-c5cccc(-c6ccccc6)c5)cc(-c5cccc(-c6ccccc6)c5)c4n3)cc2)cc1. The third-order valence-electron chi connectivity index (χ3n) is 11.4. The van der Waals surface area contributed by atoms with Gasteiger partial charge in [-0.2, -0.15) is 10.5 Å². The van der Waals surface area contributed by atoms with Crippen molar-refractivity contribution in [3.63, 3.8) is 0 Å². The fraction of sp³-hybridized carbons (Fsp3) is 0. The second kappa shape index (κ2) is 16.5. The van der Waals surface area contributed by atoms with E-state index in [-0.39, 0.29) is 0 Å². The largest absolute Gasteiger partial charge is 0.227 e. The topological polar surface area (TPSA) is 73.4 Å². The minimum atomic E-state index is 0.620. The zero-order chi connectivity index (χ0) is 41.8. The van der Waals surface area contributed by atoms with Gasteiger partial charge in [-0.15, -0.1) is 0 Å². The van der Waals surface area contributed by atoms with Crippen molar-refractivity contribution in [1.82, 2.24) is 9.97 Å². The third kappa shape index (κ3) is 7.53. The summed E-state index contributed by atoms with van der Waals surface area (Å²) in [5.74, 6) is 0.620. The highest BCUT2D eigenvalue weighted by Gasteiger charge is 2.19. The van der Waals surface area contributed by atoms with E-state index in [1.54, 1.807) is 0 Å². The highest BCUT2D eigenvalue weighted by atomic mass is 14.9. The molecular formula is C58H36N4. The molecule has 10 aromatic rings. The maximum atomic E-state index is 9.38. The summed E-state index contributed by atoms with van der Waals surface area (Å²) < 4.78 is 0. The van der Waals surface area contributed by atoms with Crippen molar-refractivity contribution in [2.75, 3.05) is 0 Å². The van der Waals surface area contributed by atoms with Crippen LogP contribution in [0.25, 0.3) is 100 Å². The quantitative estimate of drug-likeness (QED) is 0.154. The average Bonchev–Trinajstić information content (AvgIpc) is 3.36. The Morgan fingerprint density at radius 3 is 1.18 bits per heavy atom. The Bertz CT molecular complexity index is 3310. The Morgan fingerprint density at radius 1 is 0.290 bits per heavy atom. The van der Waals surface area contributed by atoms with E-state index in [1.807, 2.05) is 60.7 Å². The number of aromatic nitrogens is 2. The van der Waals surface area contributed by atoms with Crippen molar-refractivity contribution in [1.29, 1.82) is 10.5 Å². The number of rotatable bonds is 8. The lowest BCUT2D eigenvalue weighted by atomic mass is 9.91. The van der Waals surface area contributed by atoms with Crippen LogP contribution in [0.2, 0.25) is 0 Å². The van der Waals surface area contributed by atoms with Gasteiger partial charge in [0, 0.05) is 22.1 Å². The monoisotopic (exact) mass is 788 g/mol. The van der Waals surface area contributed by atoms with Crippen LogP contribution in [-0.2, 0) is 0 Å². The van der Waals surface area contributed by atoms with Crippen LogP contribution in [-0.4, -0.2) is 9.97 Å². The minimum Gasteiger partial charge on any atom is -0.227 e. The van der Waals surface area contributed by atoms with Crippen LogP contribution < -0.4 is 0 Å². The number of nitrogens with zero attached hydrogens (tertiary/aromatic N) is 4. The zero-order valence-electron chi connectivity index (χ0n) is 33.6. The first-order valence-corrected chi connectivity index (χ1v) is 20.5. The van der Waals surface area contributed by atoms with E-state index in [0.717, 1.165) is 94.5 Å². The maximum Gasteiger partial charge on any atom is 0.160 e. The summed E-state index contributed by atoms with van der Waals surface area (Å²) >= 11 is 0. The van der Waals surface area contributed by atoms with Gasteiger partial charge < -0.3 is 0 Å². The fourth-order valence-corrected chi connectivity index (χ4v) is 8.08. The number of hydrogen-bond acceptors (Lipinski definition) is 4. The lowest BCUT2D eigenvalue weighted by Gasteiger charge is -2.17. The molecule has 0 fully saturated rings. The van der Waals surface area contributed by atoms with E-state index >= 15 is 0 Å². The van der Waals surface area contributed by atoms with E-state index in [4.69, 9.17) is 9.97 Å². The average molecular weight is 789 g/mol. The molecule has 0 bridgehead atoms. The molecule has 0 aliphatic rings. The third-order valence-corrected chi connectivity index (χ3v) is 11.4. The van der Waals surface area contributed by atoms with Crippen LogP contribution in [0.4, 0.5) is 0 Å². The van der Waals surface area contributed by atoms with Crippen molar-refractivity contribution in [3.8, 4) is 102 Å². The molecule has 0 unspecified atom stereocenters. The highest BCUT2D eigenvalue weighted by molar-refractivity contribution is 6.05. The summed E-state index contributed by atoms with van der Waals surface area (Å²) in [5.41, 5.74) is 17.7. The molecule has 4 heteroatoms. The molecule has 62 heavy (non-hydrogen) atoms. The molecule has 0 atom stereocenters. The molecule has 1 aromatic heterocycles. The van der Waals surface area contributed by atoms with Gasteiger partial charge in [-0.05, 0) is 110 Å². The predicted octanol–water partition coefficient (Wildman–Crippen LogP) is 14.7. The predicted molar refractivity (Wildman–Crippen MR) is 252 cm³/mol. The fourth-order valence-electron chi connectivity index (χ4n) is 8.08. The van der Waals surface area contributed by atoms with Crippen molar-refractivity contribution in [2.45, 2.75) is 0 Å². The highest BCUT2D eigenvalue weighted by Crippen LogP contribution is 2.41. The van der Waals surface area contributed by atoms with Gasteiger partial charge in [-0.3, -0.25) is 0 Å². The lowest BCUT2D eigenvalue weighted by molar-refractivity contribution is 1.23. The van der Waals surface area contributed by atoms with Gasteiger partial charge in [0.25, 0.3) is 0 Å². The second-order valence-electron chi connectivity index (χ2n) is 15.2. The summed E-state index contributed by atoms with van der Waals surface area (Å²) in [4.78, 5) is 10.9. The second-order valence-corrected chi connectivity index (χ2v) is 15.2. The summed E-state index contributed by atoms with van der Waals surface area (Å²) in [6.45, 7) is 0. The van der Waals surface area contributed by atoms with E-state index < -0.39 is 0 Å². The molecule has 0 spiro atoms. The van der Waals surface area contributed by atoms with Crippen molar-refractivity contribution >= 4 is 10.9 Å². The molecule has 1 heterocycles. The Hall–Kier alpha value is -8.70. The Kier molecular flexibility index (Phi) is 10.0. The smallest absolute Gasteiger partial charge is 0.160 e. The molecule has 0 saturated carbocycles. The van der Waals surface area contributed by atoms with E-state index in [2.05, 4.69) is 170 Å². The van der Waals surface area contributed by atoms with Gasteiger partial charge in [0.1, 0.15) is 0 Å². The summed E-state index contributed by atoms with van der Waals surface area (Å²) in [5, 5.41) is 19.7. The van der Waals surface area contributed by atoms with Gasteiger partial charge in [0.15, 0.2) is 5.82 Å². The molecule has 0 amide bonds. The first-order chi connectivity index (χ1) is 30.6. The molecule has 9 aromatic carbocycles. The molecule has 4 nitrogen and oxygen atoms in total. The normalized spacial score (nSPS) is 10.9. The number of benzene rings is 9. The molecule has 0 saturated heterocycles. The minimum absolute atomic E-state index is 0.620. The first kappa shape index (κ1) is 37.6. The van der Waals surface area contributed by atoms with E-state index in [0.29, 0.717) is 17.0 Å². The first-order valence-electron chi connectivity index (χ1n) is 20.5. The van der Waals surface area contributed by atoms with Gasteiger partial charge >= 0.3 is 0 Å². The van der Waals surface area contributed by atoms with Crippen molar-refractivity contribution < 1.29 is 0 Å². The molecule has 0 aliphatic heterocycles. The van der Waals surface area contributed by atoms with Crippen LogP contribution in [0.1, 0.15) is 11.1 Å². The lowest BCUT2D eigenvalue weighted by Crippen LogP contribution is -1.98. The molecule has 288 valence electrons. The van der Waals surface area contributed by atoms with Crippen LogP contribution in [0, 0.1) is 22.7 Å². The Balaban J connectivity index is 1.19. The van der Waals surface area contributed by atoms with Gasteiger partial charge in [0.2, 0.25) is 0 Å². The van der Waals surface area contributed by atoms with Gasteiger partial charge in [0.05, 0.1) is 34.5 Å². The Morgan fingerprint density at radius 2 is 0.677 bits per heavy atom. The van der Waals surface area contributed by atoms with Crippen LogP contribution in [0.5, 0.6) is 0 Å². The number of nitriles is 2. The molecule has 0 aliphatic carbocycles. The Labute approximate surface area is 361 Å². The van der Waals surface area contributed by atoms with Gasteiger partial charge in [-0.25, -0.2) is 9.97 Å².